The number of likely N-dealkylation sites (N-methyl/N-ethyl adjacent to an activating group) is 1. The minimum absolute atomic E-state index is 0.00333. The number of anilines is 1. The fraction of sp³-hybridized carbons (Fsp3) is 0.500. The van der Waals surface area contributed by atoms with Crippen LogP contribution in [0, 0.1) is 0 Å². The van der Waals surface area contributed by atoms with Crippen molar-refractivity contribution in [3.8, 4) is 0 Å². The molecule has 1 aromatic carbocycles. The lowest BCUT2D eigenvalue weighted by Crippen LogP contribution is -2.43. The Hall–Kier alpha value is -3.00. The molecule has 1 N–H and O–H groups in total. The van der Waals surface area contributed by atoms with Gasteiger partial charge in [-0.2, -0.15) is 5.10 Å². The monoisotopic (exact) mass is 436 g/mol. The Morgan fingerprint density at radius 2 is 2.00 bits per heavy atom. The van der Waals surface area contributed by atoms with Gasteiger partial charge in [-0.25, -0.2) is 0 Å². The van der Waals surface area contributed by atoms with Crippen molar-refractivity contribution in [3.63, 3.8) is 0 Å². The van der Waals surface area contributed by atoms with E-state index >= 15 is 0 Å². The molecule has 32 heavy (non-hydrogen) atoms. The third-order valence-corrected chi connectivity index (χ3v) is 6.29. The van der Waals surface area contributed by atoms with Crippen LogP contribution in [0.1, 0.15) is 36.8 Å². The van der Waals surface area contributed by atoms with Crippen LogP contribution in [0.4, 0.5) is 5.82 Å². The molecule has 2 fully saturated rings. The molecule has 2 saturated heterocycles. The van der Waals surface area contributed by atoms with Gasteiger partial charge in [0.1, 0.15) is 0 Å². The summed E-state index contributed by atoms with van der Waals surface area (Å²) < 4.78 is 0. The van der Waals surface area contributed by atoms with Gasteiger partial charge in [-0.1, -0.05) is 24.3 Å². The highest BCUT2D eigenvalue weighted by Gasteiger charge is 2.27. The maximum Gasteiger partial charge on any atom is 0.234 e. The number of nitrogens with one attached hydrogen (secondary N) is 1. The van der Waals surface area contributed by atoms with Gasteiger partial charge >= 0.3 is 0 Å². The number of hydrogen-bond acceptors (Lipinski definition) is 6. The summed E-state index contributed by atoms with van der Waals surface area (Å²) in [5, 5.41) is 11.3. The van der Waals surface area contributed by atoms with Gasteiger partial charge in [0.2, 0.25) is 11.8 Å². The molecule has 1 aromatic heterocycles. The van der Waals surface area contributed by atoms with Crippen molar-refractivity contribution >= 4 is 17.6 Å². The number of carbonyl (C=O) groups excluding carboxylic acids is 2. The lowest BCUT2D eigenvalue weighted by Gasteiger charge is -2.29. The molecule has 8 nitrogen and oxygen atoms in total. The van der Waals surface area contributed by atoms with Gasteiger partial charge in [0.05, 0.1) is 6.54 Å². The lowest BCUT2D eigenvalue weighted by atomic mass is 10.1. The van der Waals surface area contributed by atoms with Crippen LogP contribution in [0.5, 0.6) is 0 Å². The van der Waals surface area contributed by atoms with Crippen LogP contribution in [0.25, 0.3) is 0 Å². The van der Waals surface area contributed by atoms with Gasteiger partial charge in [0, 0.05) is 51.4 Å². The molecular weight excluding hydrogens is 404 g/mol. The van der Waals surface area contributed by atoms with Crippen molar-refractivity contribution in [2.75, 3.05) is 38.1 Å². The maximum absolute atomic E-state index is 12.6. The zero-order valence-corrected chi connectivity index (χ0v) is 18.7. The van der Waals surface area contributed by atoms with Gasteiger partial charge in [-0.3, -0.25) is 14.5 Å². The molecule has 3 heterocycles. The Kier molecular flexibility index (Phi) is 7.32. The number of rotatable bonds is 9. The van der Waals surface area contributed by atoms with Crippen molar-refractivity contribution in [2.45, 2.75) is 44.8 Å². The van der Waals surface area contributed by atoms with Crippen LogP contribution < -0.4 is 10.2 Å². The van der Waals surface area contributed by atoms with Gasteiger partial charge in [0.15, 0.2) is 5.82 Å². The number of nitrogens with zero attached hydrogens (tertiary/aromatic N) is 5. The number of aromatic nitrogens is 2. The third kappa shape index (κ3) is 5.62. The van der Waals surface area contributed by atoms with E-state index in [9.17, 15) is 9.59 Å². The van der Waals surface area contributed by atoms with E-state index in [0.29, 0.717) is 32.1 Å². The van der Waals surface area contributed by atoms with Crippen LogP contribution >= 0.6 is 0 Å². The molecular formula is C24H32N6O2. The highest BCUT2D eigenvalue weighted by molar-refractivity contribution is 5.78. The van der Waals surface area contributed by atoms with Crippen molar-refractivity contribution in [3.05, 3.63) is 53.7 Å². The number of benzene rings is 1. The topological polar surface area (TPSA) is 81.7 Å². The first-order valence-electron chi connectivity index (χ1n) is 11.4. The summed E-state index contributed by atoms with van der Waals surface area (Å²) in [6, 6.07) is 12.3. The number of carbonyl (C=O) groups is 2. The van der Waals surface area contributed by atoms with E-state index in [1.807, 2.05) is 48.3 Å². The fourth-order valence-electron chi connectivity index (χ4n) is 4.65. The van der Waals surface area contributed by atoms with Gasteiger partial charge in [-0.15, -0.1) is 5.10 Å². The van der Waals surface area contributed by atoms with E-state index in [1.165, 1.54) is 0 Å². The molecule has 2 aromatic rings. The molecule has 0 bridgehead atoms. The molecule has 2 aliphatic rings. The highest BCUT2D eigenvalue weighted by atomic mass is 16.2. The van der Waals surface area contributed by atoms with Crippen LogP contribution in [-0.2, 0) is 22.7 Å². The Morgan fingerprint density at radius 3 is 2.75 bits per heavy atom. The number of hydrogen-bond donors (Lipinski definition) is 1. The normalized spacial score (nSPS) is 18.6. The predicted molar refractivity (Wildman–Crippen MR) is 123 cm³/mol. The van der Waals surface area contributed by atoms with E-state index < -0.39 is 0 Å². The summed E-state index contributed by atoms with van der Waals surface area (Å²) in [6.45, 7) is 4.02. The summed E-state index contributed by atoms with van der Waals surface area (Å²) >= 11 is 0. The molecule has 1 atom stereocenters. The van der Waals surface area contributed by atoms with Crippen LogP contribution in [0.3, 0.4) is 0 Å². The van der Waals surface area contributed by atoms with Crippen LogP contribution in [0.2, 0.25) is 0 Å². The summed E-state index contributed by atoms with van der Waals surface area (Å²) in [5.74, 6) is 1.12. The van der Waals surface area contributed by atoms with Crippen LogP contribution in [0.15, 0.2) is 42.6 Å². The molecule has 4 rings (SSSR count). The largest absolute Gasteiger partial charge is 0.351 e. The molecule has 0 spiro atoms. The smallest absolute Gasteiger partial charge is 0.234 e. The van der Waals surface area contributed by atoms with E-state index in [1.54, 1.807) is 6.20 Å². The Labute approximate surface area is 189 Å². The van der Waals surface area contributed by atoms with E-state index in [2.05, 4.69) is 25.3 Å². The van der Waals surface area contributed by atoms with Crippen molar-refractivity contribution in [2.24, 2.45) is 0 Å². The Morgan fingerprint density at radius 1 is 1.16 bits per heavy atom. The highest BCUT2D eigenvalue weighted by Crippen LogP contribution is 2.23. The van der Waals surface area contributed by atoms with Crippen molar-refractivity contribution in [1.29, 1.82) is 0 Å². The average molecular weight is 437 g/mol. The lowest BCUT2D eigenvalue weighted by molar-refractivity contribution is -0.128. The molecule has 2 aliphatic heterocycles. The molecule has 170 valence electrons. The molecule has 1 unspecified atom stereocenters. The van der Waals surface area contributed by atoms with Gasteiger partial charge in [-0.05, 0) is 49.6 Å². The zero-order valence-electron chi connectivity index (χ0n) is 18.7. The van der Waals surface area contributed by atoms with Crippen LogP contribution in [-0.4, -0.2) is 71.1 Å². The second kappa shape index (κ2) is 10.5. The van der Waals surface area contributed by atoms with E-state index in [4.69, 9.17) is 0 Å². The SMILES string of the molecule is CN(CC(=O)NCc1ccccc1CN1CCCC1=O)CC1CCCN1c1cccnn1. The average Bonchev–Trinajstić information content (AvgIpc) is 3.42. The van der Waals surface area contributed by atoms with Gasteiger partial charge < -0.3 is 15.1 Å². The summed E-state index contributed by atoms with van der Waals surface area (Å²) in [7, 11) is 1.99. The zero-order chi connectivity index (χ0) is 22.3. The summed E-state index contributed by atoms with van der Waals surface area (Å²) in [6.07, 6.45) is 5.47. The Bertz CT molecular complexity index is 922. The minimum atomic E-state index is 0.00333. The molecule has 8 heteroatoms. The quantitative estimate of drug-likeness (QED) is 0.646. The molecule has 0 aliphatic carbocycles. The van der Waals surface area contributed by atoms with Gasteiger partial charge in [0.25, 0.3) is 0 Å². The second-order valence-corrected chi connectivity index (χ2v) is 8.73. The van der Waals surface area contributed by atoms with E-state index in [0.717, 1.165) is 55.8 Å². The first-order chi connectivity index (χ1) is 15.6. The number of likely N-dealkylation sites (tertiary alicyclic amines) is 1. The minimum Gasteiger partial charge on any atom is -0.351 e. The molecule has 0 saturated carbocycles. The fourth-order valence-corrected chi connectivity index (χ4v) is 4.65. The summed E-state index contributed by atoms with van der Waals surface area (Å²) in [4.78, 5) is 30.8. The molecule has 0 radical (unpaired) electrons. The first-order valence-corrected chi connectivity index (χ1v) is 11.4. The second-order valence-electron chi connectivity index (χ2n) is 8.73. The number of amides is 2. The molecule has 2 amide bonds. The van der Waals surface area contributed by atoms with Crippen molar-refractivity contribution < 1.29 is 9.59 Å². The standard InChI is InChI=1S/C24H32N6O2/c1-28(17-21-9-5-14-30(21)22-10-4-12-26-27-22)18-23(31)25-15-19-7-2-3-8-20(19)16-29-13-6-11-24(29)32/h2-4,7-8,10,12,21H,5-6,9,11,13-18H2,1H3,(H,25,31). The van der Waals surface area contributed by atoms with E-state index in [-0.39, 0.29) is 11.8 Å². The summed E-state index contributed by atoms with van der Waals surface area (Å²) in [5.41, 5.74) is 2.16. The van der Waals surface area contributed by atoms with Crippen molar-refractivity contribution in [1.82, 2.24) is 25.3 Å². The Balaban J connectivity index is 1.27. The first kappa shape index (κ1) is 22.2. The maximum atomic E-state index is 12.6. The predicted octanol–water partition coefficient (Wildman–Crippen LogP) is 1.82. The third-order valence-electron chi connectivity index (χ3n) is 6.29.